The van der Waals surface area contributed by atoms with Gasteiger partial charge in [-0.2, -0.15) is 0 Å². The number of Topliss-reactive ketones (excluding diaryl/α,β-unsaturated/α-hetero) is 1. The van der Waals surface area contributed by atoms with E-state index in [1.807, 2.05) is 38.1 Å². The number of benzene rings is 1. The third-order valence-corrected chi connectivity index (χ3v) is 2.98. The summed E-state index contributed by atoms with van der Waals surface area (Å²) in [6, 6.07) is 7.76. The van der Waals surface area contributed by atoms with Crippen LogP contribution in [0.1, 0.15) is 29.3 Å². The molecule has 2 rings (SSSR count). The fourth-order valence-electron chi connectivity index (χ4n) is 2.07. The first-order chi connectivity index (χ1) is 7.18. The largest absolute Gasteiger partial charge is 0.378 e. The van der Waals surface area contributed by atoms with Crippen molar-refractivity contribution in [3.05, 3.63) is 35.4 Å². The third kappa shape index (κ3) is 2.10. The molecule has 0 aliphatic carbocycles. The van der Waals surface area contributed by atoms with Gasteiger partial charge in [-0.05, 0) is 25.8 Å². The van der Waals surface area contributed by atoms with Crippen LogP contribution < -0.4 is 0 Å². The molecule has 1 saturated heterocycles. The highest BCUT2D eigenvalue weighted by molar-refractivity contribution is 5.99. The molecule has 0 saturated carbocycles. The van der Waals surface area contributed by atoms with Crippen LogP contribution in [0.25, 0.3) is 0 Å². The molecule has 2 unspecified atom stereocenters. The summed E-state index contributed by atoms with van der Waals surface area (Å²) in [6.45, 7) is 4.58. The molecule has 2 nitrogen and oxygen atoms in total. The number of hydrogen-bond acceptors (Lipinski definition) is 2. The summed E-state index contributed by atoms with van der Waals surface area (Å²) >= 11 is 0. The van der Waals surface area contributed by atoms with Crippen molar-refractivity contribution < 1.29 is 9.53 Å². The van der Waals surface area contributed by atoms with Crippen LogP contribution in [0, 0.1) is 12.8 Å². The zero-order chi connectivity index (χ0) is 10.8. The Morgan fingerprint density at radius 2 is 2.13 bits per heavy atom. The topological polar surface area (TPSA) is 26.3 Å². The first kappa shape index (κ1) is 10.4. The summed E-state index contributed by atoms with van der Waals surface area (Å²) in [4.78, 5) is 12.1. The van der Waals surface area contributed by atoms with Crippen molar-refractivity contribution in [2.75, 3.05) is 6.61 Å². The Morgan fingerprint density at radius 3 is 2.73 bits per heavy atom. The molecule has 1 fully saturated rings. The normalized spacial score (nSPS) is 25.5. The number of ketones is 1. The lowest BCUT2D eigenvalue weighted by atomic mass is 9.93. The van der Waals surface area contributed by atoms with Gasteiger partial charge in [-0.3, -0.25) is 4.79 Å². The van der Waals surface area contributed by atoms with Crippen molar-refractivity contribution in [3.63, 3.8) is 0 Å². The van der Waals surface area contributed by atoms with Crippen LogP contribution in [0.3, 0.4) is 0 Å². The van der Waals surface area contributed by atoms with Gasteiger partial charge in [0.15, 0.2) is 5.78 Å². The van der Waals surface area contributed by atoms with Crippen LogP contribution in [0.5, 0.6) is 0 Å². The number of aryl methyl sites for hydroxylation is 1. The summed E-state index contributed by atoms with van der Waals surface area (Å²) in [5, 5.41) is 0. The van der Waals surface area contributed by atoms with Crippen LogP contribution in [0.15, 0.2) is 24.3 Å². The Kier molecular flexibility index (Phi) is 2.87. The second-order valence-corrected chi connectivity index (χ2v) is 4.26. The highest BCUT2D eigenvalue weighted by atomic mass is 16.5. The van der Waals surface area contributed by atoms with Gasteiger partial charge < -0.3 is 4.74 Å². The second kappa shape index (κ2) is 4.15. The molecule has 0 radical (unpaired) electrons. The number of rotatable bonds is 2. The molecule has 1 heterocycles. The molecular formula is C13H16O2. The van der Waals surface area contributed by atoms with Gasteiger partial charge >= 0.3 is 0 Å². The van der Waals surface area contributed by atoms with E-state index in [9.17, 15) is 4.79 Å². The minimum Gasteiger partial charge on any atom is -0.378 e. The summed E-state index contributed by atoms with van der Waals surface area (Å²) in [6.07, 6.45) is 1.08. The summed E-state index contributed by atoms with van der Waals surface area (Å²) in [7, 11) is 0. The minimum atomic E-state index is 0.0566. The van der Waals surface area contributed by atoms with Crippen molar-refractivity contribution in [2.24, 2.45) is 5.92 Å². The molecule has 0 N–H and O–H groups in total. The molecule has 0 spiro atoms. The Labute approximate surface area is 90.3 Å². The predicted octanol–water partition coefficient (Wildman–Crippen LogP) is 2.60. The fraction of sp³-hybridized carbons (Fsp3) is 0.462. The fourth-order valence-corrected chi connectivity index (χ4v) is 2.07. The maximum atomic E-state index is 12.1. The van der Waals surface area contributed by atoms with E-state index < -0.39 is 0 Å². The molecule has 1 aromatic carbocycles. The molecule has 2 heteroatoms. The van der Waals surface area contributed by atoms with Crippen molar-refractivity contribution in [3.8, 4) is 0 Å². The first-order valence-electron chi connectivity index (χ1n) is 5.40. The van der Waals surface area contributed by atoms with Crippen LogP contribution in [0.4, 0.5) is 0 Å². The maximum absolute atomic E-state index is 12.1. The molecule has 0 amide bonds. The molecule has 0 bridgehead atoms. The zero-order valence-corrected chi connectivity index (χ0v) is 9.19. The number of carbonyl (C=O) groups is 1. The highest BCUT2D eigenvalue weighted by Gasteiger charge is 2.29. The van der Waals surface area contributed by atoms with Crippen molar-refractivity contribution in [2.45, 2.75) is 26.4 Å². The van der Waals surface area contributed by atoms with Crippen LogP contribution in [-0.2, 0) is 4.74 Å². The lowest BCUT2D eigenvalue weighted by Crippen LogP contribution is -2.15. The smallest absolute Gasteiger partial charge is 0.168 e. The van der Waals surface area contributed by atoms with Gasteiger partial charge in [0.1, 0.15) is 0 Å². The van der Waals surface area contributed by atoms with Gasteiger partial charge in [0.2, 0.25) is 0 Å². The summed E-state index contributed by atoms with van der Waals surface area (Å²) in [5.74, 6) is 0.290. The van der Waals surface area contributed by atoms with Crippen molar-refractivity contribution in [1.29, 1.82) is 0 Å². The Bertz CT molecular complexity index is 371. The molecule has 0 aromatic heterocycles. The molecule has 15 heavy (non-hydrogen) atoms. The van der Waals surface area contributed by atoms with Gasteiger partial charge in [-0.25, -0.2) is 0 Å². The molecule has 1 aliphatic heterocycles. The number of hydrogen-bond donors (Lipinski definition) is 0. The number of carbonyl (C=O) groups excluding carboxylic acids is 1. The Hall–Kier alpha value is -1.15. The van der Waals surface area contributed by atoms with E-state index in [1.54, 1.807) is 0 Å². The lowest BCUT2D eigenvalue weighted by molar-refractivity contribution is 0.0877. The monoisotopic (exact) mass is 204 g/mol. The molecule has 2 atom stereocenters. The number of ether oxygens (including phenoxy) is 1. The third-order valence-electron chi connectivity index (χ3n) is 2.98. The van der Waals surface area contributed by atoms with Crippen LogP contribution in [0.2, 0.25) is 0 Å². The van der Waals surface area contributed by atoms with E-state index in [1.165, 1.54) is 0 Å². The van der Waals surface area contributed by atoms with Crippen LogP contribution >= 0.6 is 0 Å². The van der Waals surface area contributed by atoms with Gasteiger partial charge in [-0.15, -0.1) is 0 Å². The predicted molar refractivity (Wildman–Crippen MR) is 59.0 cm³/mol. The lowest BCUT2D eigenvalue weighted by Gasteiger charge is -2.08. The molecule has 1 aromatic rings. The van der Waals surface area contributed by atoms with E-state index in [4.69, 9.17) is 4.74 Å². The summed E-state index contributed by atoms with van der Waals surface area (Å²) in [5.41, 5.74) is 1.90. The molecular weight excluding hydrogens is 188 g/mol. The highest BCUT2D eigenvalue weighted by Crippen LogP contribution is 2.24. The standard InChI is InChI=1S/C13H16O2/c1-9-5-3-4-6-12(9)13(14)11-7-10(2)15-8-11/h3-6,10-11H,7-8H2,1-2H3. The molecule has 80 valence electrons. The van der Waals surface area contributed by atoms with Crippen molar-refractivity contribution in [1.82, 2.24) is 0 Å². The zero-order valence-electron chi connectivity index (χ0n) is 9.19. The maximum Gasteiger partial charge on any atom is 0.168 e. The van der Waals surface area contributed by atoms with E-state index in [0.717, 1.165) is 17.5 Å². The van der Waals surface area contributed by atoms with Gasteiger partial charge in [-0.1, -0.05) is 24.3 Å². The van der Waals surface area contributed by atoms with E-state index in [0.29, 0.717) is 6.61 Å². The summed E-state index contributed by atoms with van der Waals surface area (Å²) < 4.78 is 5.43. The van der Waals surface area contributed by atoms with Gasteiger partial charge in [0.25, 0.3) is 0 Å². The van der Waals surface area contributed by atoms with Crippen molar-refractivity contribution >= 4 is 5.78 Å². The average molecular weight is 204 g/mol. The van der Waals surface area contributed by atoms with E-state index >= 15 is 0 Å². The first-order valence-corrected chi connectivity index (χ1v) is 5.40. The molecule has 1 aliphatic rings. The second-order valence-electron chi connectivity index (χ2n) is 4.26. The average Bonchev–Trinajstić information content (AvgIpc) is 2.65. The van der Waals surface area contributed by atoms with Gasteiger partial charge in [0, 0.05) is 11.5 Å². The SMILES string of the molecule is Cc1ccccc1C(=O)C1COC(C)C1. The quantitative estimate of drug-likeness (QED) is 0.692. The van der Waals surface area contributed by atoms with Crippen LogP contribution in [-0.4, -0.2) is 18.5 Å². The van der Waals surface area contributed by atoms with E-state index in [2.05, 4.69) is 0 Å². The van der Waals surface area contributed by atoms with Gasteiger partial charge in [0.05, 0.1) is 12.7 Å². The van der Waals surface area contributed by atoms with E-state index in [-0.39, 0.29) is 17.8 Å². The minimum absolute atomic E-state index is 0.0566. The Balaban J connectivity index is 2.18. The Morgan fingerprint density at radius 1 is 1.40 bits per heavy atom.